The summed E-state index contributed by atoms with van der Waals surface area (Å²) in [6.07, 6.45) is 0. The molecule has 1 rings (SSSR count). The van der Waals surface area contributed by atoms with E-state index in [1.165, 1.54) is 19.2 Å². The maximum absolute atomic E-state index is 12.7. The van der Waals surface area contributed by atoms with Crippen molar-refractivity contribution in [1.29, 1.82) is 0 Å². The van der Waals surface area contributed by atoms with Crippen molar-refractivity contribution in [3.8, 4) is 5.75 Å². The van der Waals surface area contributed by atoms with Crippen molar-refractivity contribution < 1.29 is 18.1 Å². The molecular weight excluding hydrogens is 320 g/mol. The molecule has 0 fully saturated rings. The molecule has 0 bridgehead atoms. The Morgan fingerprint density at radius 1 is 1.13 bits per heavy atom. The van der Waals surface area contributed by atoms with Crippen molar-refractivity contribution in [2.45, 2.75) is 57.4 Å². The minimum absolute atomic E-state index is 0.228. The van der Waals surface area contributed by atoms with Crippen molar-refractivity contribution in [2.75, 3.05) is 7.11 Å². The number of methoxy groups -OCH3 is 1. The molecule has 0 unspecified atom stereocenters. The summed E-state index contributed by atoms with van der Waals surface area (Å²) in [4.78, 5) is 10.5. The number of nitro benzene ring substituents is 1. The second-order valence-electron chi connectivity index (χ2n) is 7.39. The van der Waals surface area contributed by atoms with Crippen LogP contribution in [0.2, 0.25) is 0 Å². The largest absolute Gasteiger partial charge is 0.489 e. The molecule has 130 valence electrons. The van der Waals surface area contributed by atoms with Gasteiger partial charge in [-0.05, 0) is 37.8 Å². The minimum Gasteiger partial charge on any atom is -0.489 e. The number of benzene rings is 1. The first-order chi connectivity index (χ1) is 10.2. The molecule has 0 spiro atoms. The Morgan fingerprint density at radius 2 is 1.65 bits per heavy atom. The maximum Gasteiger partial charge on any atom is 0.312 e. The highest BCUT2D eigenvalue weighted by Crippen LogP contribution is 2.39. The van der Waals surface area contributed by atoms with Crippen molar-refractivity contribution in [3.63, 3.8) is 0 Å². The third-order valence-electron chi connectivity index (χ3n) is 3.03. The normalized spacial score (nSPS) is 13.0. The molecule has 0 heterocycles. The van der Waals surface area contributed by atoms with Crippen LogP contribution in [0, 0.1) is 10.1 Å². The van der Waals surface area contributed by atoms with E-state index in [-0.39, 0.29) is 16.3 Å². The number of nitrogens with zero attached hydrogens (tertiary/aromatic N) is 1. The second kappa shape index (κ2) is 6.09. The number of ether oxygens (including phenoxy) is 1. The molecule has 0 aliphatic heterocycles. The van der Waals surface area contributed by atoms with Crippen molar-refractivity contribution in [1.82, 2.24) is 4.72 Å². The van der Waals surface area contributed by atoms with Gasteiger partial charge in [-0.2, -0.15) is 0 Å². The Labute approximate surface area is 137 Å². The summed E-state index contributed by atoms with van der Waals surface area (Å²) in [5.74, 6) is -0.264. The van der Waals surface area contributed by atoms with Gasteiger partial charge in [0, 0.05) is 11.6 Å². The maximum atomic E-state index is 12.7. The van der Waals surface area contributed by atoms with Gasteiger partial charge in [0.25, 0.3) is 0 Å². The van der Waals surface area contributed by atoms with Gasteiger partial charge in [0.15, 0.2) is 0 Å². The van der Waals surface area contributed by atoms with Gasteiger partial charge >= 0.3 is 5.69 Å². The monoisotopic (exact) mass is 344 g/mol. The Bertz CT molecular complexity index is 713. The van der Waals surface area contributed by atoms with Crippen LogP contribution in [0.15, 0.2) is 17.0 Å². The fourth-order valence-electron chi connectivity index (χ4n) is 2.02. The summed E-state index contributed by atoms with van der Waals surface area (Å²) >= 11 is 0. The summed E-state index contributed by atoms with van der Waals surface area (Å²) in [5, 5.41) is 11.3. The lowest BCUT2D eigenvalue weighted by molar-refractivity contribution is -0.386. The van der Waals surface area contributed by atoms with Gasteiger partial charge in [0.2, 0.25) is 15.8 Å². The van der Waals surface area contributed by atoms with E-state index in [4.69, 9.17) is 4.74 Å². The molecule has 0 amide bonds. The van der Waals surface area contributed by atoms with Crippen LogP contribution in [0.1, 0.15) is 47.1 Å². The summed E-state index contributed by atoms with van der Waals surface area (Å²) < 4.78 is 32.9. The zero-order valence-corrected chi connectivity index (χ0v) is 15.4. The summed E-state index contributed by atoms with van der Waals surface area (Å²) in [6, 6.07) is 2.79. The second-order valence-corrected chi connectivity index (χ2v) is 9.04. The van der Waals surface area contributed by atoms with Crippen molar-refractivity contribution in [2.24, 2.45) is 0 Å². The third kappa shape index (κ3) is 4.65. The molecule has 0 saturated carbocycles. The molecule has 0 aromatic heterocycles. The number of nitro groups is 1. The van der Waals surface area contributed by atoms with Crippen molar-refractivity contribution >= 4 is 15.7 Å². The molecule has 7 nitrogen and oxygen atoms in total. The van der Waals surface area contributed by atoms with Crippen LogP contribution in [0.3, 0.4) is 0 Å². The highest BCUT2D eigenvalue weighted by atomic mass is 32.2. The number of rotatable bonds is 4. The predicted octanol–water partition coefficient (Wildman–Crippen LogP) is 2.98. The molecule has 0 aliphatic carbocycles. The number of hydrogen-bond acceptors (Lipinski definition) is 5. The van der Waals surface area contributed by atoms with E-state index < -0.39 is 25.9 Å². The van der Waals surface area contributed by atoms with E-state index in [1.807, 2.05) is 20.8 Å². The minimum atomic E-state index is -3.98. The van der Waals surface area contributed by atoms with E-state index in [0.29, 0.717) is 5.56 Å². The number of hydrogen-bond donors (Lipinski definition) is 1. The lowest BCUT2D eigenvalue weighted by Crippen LogP contribution is -2.40. The Balaban J connectivity index is 3.76. The smallest absolute Gasteiger partial charge is 0.312 e. The lowest BCUT2D eigenvalue weighted by Gasteiger charge is -2.24. The van der Waals surface area contributed by atoms with Gasteiger partial charge < -0.3 is 4.74 Å². The summed E-state index contributed by atoms with van der Waals surface area (Å²) in [5.41, 5.74) is -1.01. The van der Waals surface area contributed by atoms with E-state index >= 15 is 0 Å². The molecule has 0 saturated heterocycles. The van der Waals surface area contributed by atoms with E-state index in [9.17, 15) is 18.5 Å². The van der Waals surface area contributed by atoms with E-state index in [1.54, 1.807) is 20.8 Å². The molecular formula is C15H24N2O5S. The Morgan fingerprint density at radius 3 is 2.00 bits per heavy atom. The molecule has 0 atom stereocenters. The highest BCUT2D eigenvalue weighted by molar-refractivity contribution is 7.89. The third-order valence-corrected chi connectivity index (χ3v) is 4.80. The van der Waals surface area contributed by atoms with Crippen LogP contribution in [0.25, 0.3) is 0 Å². The average molecular weight is 344 g/mol. The number of sulfonamides is 1. The number of nitrogens with one attached hydrogen (secondary N) is 1. The van der Waals surface area contributed by atoms with Gasteiger partial charge in [-0.25, -0.2) is 13.1 Å². The molecule has 1 aromatic carbocycles. The average Bonchev–Trinajstić information content (AvgIpc) is 2.32. The summed E-state index contributed by atoms with van der Waals surface area (Å²) in [7, 11) is -2.76. The van der Waals surface area contributed by atoms with Crippen LogP contribution in [0.4, 0.5) is 5.69 Å². The lowest BCUT2D eigenvalue weighted by atomic mass is 9.87. The van der Waals surface area contributed by atoms with Crippen molar-refractivity contribution in [3.05, 3.63) is 27.8 Å². The Hall–Kier alpha value is -1.67. The predicted molar refractivity (Wildman–Crippen MR) is 88.4 cm³/mol. The van der Waals surface area contributed by atoms with Gasteiger partial charge in [-0.1, -0.05) is 20.8 Å². The Kier molecular flexibility index (Phi) is 5.13. The molecule has 8 heteroatoms. The molecule has 0 radical (unpaired) electrons. The fraction of sp³-hybridized carbons (Fsp3) is 0.600. The first kappa shape index (κ1) is 19.4. The summed E-state index contributed by atoms with van der Waals surface area (Å²) in [6.45, 7) is 10.6. The van der Waals surface area contributed by atoms with Crippen LogP contribution < -0.4 is 9.46 Å². The van der Waals surface area contributed by atoms with Crippen LogP contribution in [-0.4, -0.2) is 26.0 Å². The van der Waals surface area contributed by atoms with Gasteiger partial charge in [-0.3, -0.25) is 10.1 Å². The van der Waals surface area contributed by atoms with Crippen LogP contribution in [-0.2, 0) is 15.4 Å². The molecule has 1 aromatic rings. The molecule has 1 N–H and O–H groups in total. The fourth-order valence-corrected chi connectivity index (χ4v) is 3.65. The zero-order chi connectivity index (χ0) is 18.2. The van der Waals surface area contributed by atoms with Gasteiger partial charge in [0.05, 0.1) is 12.0 Å². The standard InChI is InChI=1S/C15H24N2O5S/c1-14(2,3)10-8-11(17(18)19)13(22-7)12(9-10)23(20,21)16-15(4,5)6/h8-9,16H,1-7H3. The first-order valence-electron chi connectivity index (χ1n) is 7.10. The SMILES string of the molecule is COc1c([N+](=O)[O-])cc(C(C)(C)C)cc1S(=O)(=O)NC(C)(C)C. The molecule has 0 aliphatic rings. The van der Waals surface area contributed by atoms with E-state index in [2.05, 4.69) is 4.72 Å². The van der Waals surface area contributed by atoms with Crippen LogP contribution in [0.5, 0.6) is 5.75 Å². The van der Waals surface area contributed by atoms with E-state index in [0.717, 1.165) is 0 Å². The molecule has 23 heavy (non-hydrogen) atoms. The highest BCUT2D eigenvalue weighted by Gasteiger charge is 2.33. The van der Waals surface area contributed by atoms with Crippen LogP contribution >= 0.6 is 0 Å². The van der Waals surface area contributed by atoms with Gasteiger partial charge in [0.1, 0.15) is 4.90 Å². The van der Waals surface area contributed by atoms with Gasteiger partial charge in [-0.15, -0.1) is 0 Å². The topological polar surface area (TPSA) is 98.5 Å². The first-order valence-corrected chi connectivity index (χ1v) is 8.58. The quantitative estimate of drug-likeness (QED) is 0.669. The zero-order valence-electron chi connectivity index (χ0n) is 14.6.